The maximum atomic E-state index is 10.9. The highest BCUT2D eigenvalue weighted by Crippen LogP contribution is 2.51. The van der Waals surface area contributed by atoms with Gasteiger partial charge in [0.15, 0.2) is 0 Å². The highest BCUT2D eigenvalue weighted by Gasteiger charge is 2.35. The number of benzene rings is 4. The van der Waals surface area contributed by atoms with Crippen LogP contribution in [-0.4, -0.2) is 26.5 Å². The fraction of sp³-hybridized carbons (Fsp3) is 0.167. The first-order chi connectivity index (χ1) is 13.6. The molecule has 4 heteroatoms. The standard InChI is InChI=1S/C24H18O4/c25-17-9-8-11-10-16-21-19-13(6-3-7-15(19)22(26)23(16)27)12-4-1-2-5-14(12)20(21)18(11)24(17)28/h1-10,17,22-28H/t17?,22-,23-,24?/m0/s1. The van der Waals surface area contributed by atoms with Crippen molar-refractivity contribution in [2.45, 2.75) is 24.4 Å². The predicted molar refractivity (Wildman–Crippen MR) is 109 cm³/mol. The van der Waals surface area contributed by atoms with Gasteiger partial charge in [-0.25, -0.2) is 0 Å². The van der Waals surface area contributed by atoms with E-state index in [-0.39, 0.29) is 0 Å². The molecule has 0 saturated heterocycles. The molecule has 4 aromatic carbocycles. The van der Waals surface area contributed by atoms with Crippen LogP contribution in [0.4, 0.5) is 0 Å². The average Bonchev–Trinajstić information content (AvgIpc) is 2.73. The van der Waals surface area contributed by atoms with Crippen molar-refractivity contribution in [3.63, 3.8) is 0 Å². The zero-order chi connectivity index (χ0) is 19.2. The van der Waals surface area contributed by atoms with Crippen LogP contribution in [0.2, 0.25) is 0 Å². The zero-order valence-corrected chi connectivity index (χ0v) is 14.9. The smallest absolute Gasteiger partial charge is 0.110 e. The van der Waals surface area contributed by atoms with Crippen LogP contribution in [0, 0.1) is 0 Å². The number of hydrogen-bond acceptors (Lipinski definition) is 4. The Morgan fingerprint density at radius 1 is 0.607 bits per heavy atom. The second-order valence-corrected chi connectivity index (χ2v) is 7.72. The number of rotatable bonds is 0. The van der Waals surface area contributed by atoms with E-state index in [1.54, 1.807) is 12.2 Å². The summed E-state index contributed by atoms with van der Waals surface area (Å²) in [5.41, 5.74) is 2.78. The molecule has 0 bridgehead atoms. The molecule has 2 unspecified atom stereocenters. The number of hydrogen-bond donors (Lipinski definition) is 4. The van der Waals surface area contributed by atoms with E-state index >= 15 is 0 Å². The van der Waals surface area contributed by atoms with Gasteiger partial charge >= 0.3 is 0 Å². The summed E-state index contributed by atoms with van der Waals surface area (Å²) in [4.78, 5) is 0. The molecule has 4 atom stereocenters. The Kier molecular flexibility index (Phi) is 3.13. The summed E-state index contributed by atoms with van der Waals surface area (Å²) in [6.07, 6.45) is -0.755. The second-order valence-electron chi connectivity index (χ2n) is 7.72. The van der Waals surface area contributed by atoms with E-state index in [9.17, 15) is 20.4 Å². The largest absolute Gasteiger partial charge is 0.386 e. The molecule has 0 saturated carbocycles. The summed E-state index contributed by atoms with van der Waals surface area (Å²) >= 11 is 0. The van der Waals surface area contributed by atoms with Gasteiger partial charge in [-0.1, -0.05) is 54.6 Å². The first-order valence-corrected chi connectivity index (χ1v) is 9.42. The fourth-order valence-corrected chi connectivity index (χ4v) is 5.05. The average molecular weight is 370 g/mol. The summed E-state index contributed by atoms with van der Waals surface area (Å²) in [7, 11) is 0. The molecule has 0 fully saturated rings. The number of aliphatic hydroxyl groups excluding tert-OH is 4. The highest BCUT2D eigenvalue weighted by atomic mass is 16.3. The van der Waals surface area contributed by atoms with Gasteiger partial charge in [0, 0.05) is 0 Å². The summed E-state index contributed by atoms with van der Waals surface area (Å²) < 4.78 is 0. The van der Waals surface area contributed by atoms with Crippen molar-refractivity contribution in [1.29, 1.82) is 0 Å². The Morgan fingerprint density at radius 2 is 1.29 bits per heavy atom. The Bertz CT molecular complexity index is 1340. The lowest BCUT2D eigenvalue weighted by molar-refractivity contribution is 0.0177. The van der Waals surface area contributed by atoms with Crippen molar-refractivity contribution in [3.8, 4) is 0 Å². The lowest BCUT2D eigenvalue weighted by Crippen LogP contribution is -2.22. The van der Waals surface area contributed by atoms with Gasteiger partial charge in [0.2, 0.25) is 0 Å². The van der Waals surface area contributed by atoms with Crippen molar-refractivity contribution in [1.82, 2.24) is 0 Å². The fourth-order valence-electron chi connectivity index (χ4n) is 5.05. The molecule has 28 heavy (non-hydrogen) atoms. The van der Waals surface area contributed by atoms with Gasteiger partial charge in [-0.05, 0) is 60.6 Å². The van der Waals surface area contributed by atoms with Gasteiger partial charge in [-0.15, -0.1) is 0 Å². The quantitative estimate of drug-likeness (QED) is 0.356. The van der Waals surface area contributed by atoms with Crippen LogP contribution in [0.25, 0.3) is 38.4 Å². The van der Waals surface area contributed by atoms with Gasteiger partial charge in [-0.2, -0.15) is 0 Å². The molecular formula is C24H18O4. The summed E-state index contributed by atoms with van der Waals surface area (Å²) in [6, 6.07) is 15.6. The van der Waals surface area contributed by atoms with Crippen molar-refractivity contribution >= 4 is 38.4 Å². The molecule has 0 spiro atoms. The molecule has 6 rings (SSSR count). The molecule has 4 nitrogen and oxygen atoms in total. The van der Waals surface area contributed by atoms with E-state index in [1.807, 2.05) is 48.5 Å². The highest BCUT2D eigenvalue weighted by molar-refractivity contribution is 6.28. The Labute approximate surface area is 160 Å². The summed E-state index contributed by atoms with van der Waals surface area (Å²) in [5, 5.41) is 48.4. The minimum atomic E-state index is -1.05. The van der Waals surface area contributed by atoms with Gasteiger partial charge in [0.05, 0.1) is 0 Å². The third-order valence-corrected chi connectivity index (χ3v) is 6.29. The van der Waals surface area contributed by atoms with Gasteiger partial charge < -0.3 is 20.4 Å². The Morgan fingerprint density at radius 3 is 2.11 bits per heavy atom. The van der Waals surface area contributed by atoms with E-state index in [0.29, 0.717) is 16.7 Å². The van der Waals surface area contributed by atoms with Crippen molar-refractivity contribution in [3.05, 3.63) is 76.9 Å². The summed E-state index contributed by atoms with van der Waals surface area (Å²) in [6.45, 7) is 0. The molecule has 4 aromatic rings. The third kappa shape index (κ3) is 1.83. The number of aliphatic hydroxyl groups is 4. The van der Waals surface area contributed by atoms with Crippen LogP contribution >= 0.6 is 0 Å². The van der Waals surface area contributed by atoms with Crippen molar-refractivity contribution < 1.29 is 20.4 Å². The molecule has 2 aliphatic rings. The van der Waals surface area contributed by atoms with Gasteiger partial charge in [0.1, 0.15) is 24.4 Å². The number of fused-ring (bicyclic) bond motifs is 5. The lowest BCUT2D eigenvalue weighted by atomic mass is 9.76. The molecule has 0 amide bonds. The molecule has 4 N–H and O–H groups in total. The van der Waals surface area contributed by atoms with Gasteiger partial charge in [0.25, 0.3) is 0 Å². The normalized spacial score (nSPS) is 25.7. The molecular weight excluding hydrogens is 352 g/mol. The SMILES string of the molecule is OC1C=Cc2cc3c4c5c(cccc5c5ccccc5c4c2C1O)[C@H](O)[C@H]3O. The third-order valence-electron chi connectivity index (χ3n) is 6.29. The van der Waals surface area contributed by atoms with Crippen LogP contribution in [0.15, 0.2) is 54.6 Å². The van der Waals surface area contributed by atoms with Crippen LogP contribution in [-0.2, 0) is 0 Å². The minimum absolute atomic E-state index is 0.656. The zero-order valence-electron chi connectivity index (χ0n) is 14.9. The Balaban J connectivity index is 2.00. The predicted octanol–water partition coefficient (Wildman–Crippen LogP) is 3.65. The van der Waals surface area contributed by atoms with E-state index in [4.69, 9.17) is 0 Å². The van der Waals surface area contributed by atoms with Crippen LogP contribution in [0.3, 0.4) is 0 Å². The monoisotopic (exact) mass is 370 g/mol. The van der Waals surface area contributed by atoms with E-state index in [0.717, 1.165) is 37.9 Å². The maximum Gasteiger partial charge on any atom is 0.110 e. The minimum Gasteiger partial charge on any atom is -0.386 e. The first kappa shape index (κ1) is 16.2. The molecule has 0 radical (unpaired) electrons. The summed E-state index contributed by atoms with van der Waals surface area (Å²) in [5.74, 6) is 0. The van der Waals surface area contributed by atoms with Crippen molar-refractivity contribution in [2.75, 3.05) is 0 Å². The van der Waals surface area contributed by atoms with E-state index < -0.39 is 24.4 Å². The molecule has 138 valence electrons. The molecule has 0 aromatic heterocycles. The van der Waals surface area contributed by atoms with Gasteiger partial charge in [-0.3, -0.25) is 0 Å². The Hall–Kier alpha value is -2.76. The van der Waals surface area contributed by atoms with E-state index in [1.165, 1.54) is 0 Å². The van der Waals surface area contributed by atoms with E-state index in [2.05, 4.69) is 0 Å². The maximum absolute atomic E-state index is 10.9. The molecule has 0 heterocycles. The first-order valence-electron chi connectivity index (χ1n) is 9.42. The lowest BCUT2D eigenvalue weighted by Gasteiger charge is -2.32. The molecule has 0 aliphatic heterocycles. The van der Waals surface area contributed by atoms with Crippen LogP contribution in [0.5, 0.6) is 0 Å². The second kappa shape index (κ2) is 5.40. The van der Waals surface area contributed by atoms with Crippen LogP contribution in [0.1, 0.15) is 40.6 Å². The van der Waals surface area contributed by atoms with Crippen LogP contribution < -0.4 is 0 Å². The van der Waals surface area contributed by atoms with Crippen molar-refractivity contribution in [2.24, 2.45) is 0 Å². The molecule has 2 aliphatic carbocycles. The topological polar surface area (TPSA) is 80.9 Å².